The van der Waals surface area contributed by atoms with Crippen molar-refractivity contribution in [3.05, 3.63) is 45.4 Å². The second-order valence-corrected chi connectivity index (χ2v) is 5.65. The largest absolute Gasteiger partial charge is 0.289 e. The van der Waals surface area contributed by atoms with Crippen LogP contribution in [0.25, 0.3) is 0 Å². The van der Waals surface area contributed by atoms with Gasteiger partial charge in [0.05, 0.1) is 11.9 Å². The minimum atomic E-state index is 0.0473. The Kier molecular flexibility index (Phi) is 3.60. The number of allylic oxidation sites excluding steroid dienone is 2. The molecule has 0 radical (unpaired) electrons. The summed E-state index contributed by atoms with van der Waals surface area (Å²) >= 11 is 0. The lowest BCUT2D eigenvalue weighted by atomic mass is 9.88. The third-order valence-electron chi connectivity index (χ3n) is 3.34. The van der Waals surface area contributed by atoms with E-state index in [4.69, 9.17) is 0 Å². The fourth-order valence-corrected chi connectivity index (χ4v) is 2.40. The van der Waals surface area contributed by atoms with Crippen LogP contribution in [0.15, 0.2) is 23.1 Å². The zero-order valence-electron chi connectivity index (χ0n) is 11.4. The van der Waals surface area contributed by atoms with Crippen LogP contribution in [0.2, 0.25) is 0 Å². The van der Waals surface area contributed by atoms with Gasteiger partial charge in [0.25, 0.3) is 0 Å². The molecular weight excluding hydrogens is 224 g/mol. The summed E-state index contributed by atoms with van der Waals surface area (Å²) < 4.78 is 0. The van der Waals surface area contributed by atoms with E-state index in [2.05, 4.69) is 43.1 Å². The van der Waals surface area contributed by atoms with Gasteiger partial charge >= 0.3 is 0 Å². The topological polar surface area (TPSA) is 42.9 Å². The van der Waals surface area contributed by atoms with Crippen molar-refractivity contribution in [2.24, 2.45) is 5.41 Å². The standard InChI is InChI=1S/C15H20N2O/c1-4-6-11-10-16-17-13-9-15(2,3)8-5-7-12(13)14(11)18/h5,8,10H,4,6-7,9H2,1-3H3. The molecule has 3 heteroatoms. The number of aryl methyl sites for hydroxylation is 1. The van der Waals surface area contributed by atoms with Gasteiger partial charge in [-0.3, -0.25) is 4.79 Å². The van der Waals surface area contributed by atoms with Gasteiger partial charge in [0.15, 0.2) is 5.43 Å². The minimum absolute atomic E-state index is 0.0473. The van der Waals surface area contributed by atoms with Crippen molar-refractivity contribution >= 4 is 0 Å². The molecule has 96 valence electrons. The quantitative estimate of drug-likeness (QED) is 0.751. The highest BCUT2D eigenvalue weighted by atomic mass is 16.1. The van der Waals surface area contributed by atoms with Crippen LogP contribution in [0, 0.1) is 5.41 Å². The van der Waals surface area contributed by atoms with Crippen LogP contribution in [0.1, 0.15) is 44.0 Å². The predicted molar refractivity (Wildman–Crippen MR) is 72.6 cm³/mol. The first kappa shape index (κ1) is 12.9. The van der Waals surface area contributed by atoms with E-state index in [1.165, 1.54) is 0 Å². The lowest BCUT2D eigenvalue weighted by Gasteiger charge is -2.17. The Morgan fingerprint density at radius 3 is 2.89 bits per heavy atom. The summed E-state index contributed by atoms with van der Waals surface area (Å²) in [5.74, 6) is 0. The molecule has 1 aromatic heterocycles. The Hall–Kier alpha value is -1.51. The van der Waals surface area contributed by atoms with Gasteiger partial charge in [0, 0.05) is 17.5 Å². The van der Waals surface area contributed by atoms with E-state index in [1.54, 1.807) is 6.20 Å². The Labute approximate surface area is 108 Å². The molecule has 1 heterocycles. The molecule has 0 fully saturated rings. The summed E-state index contributed by atoms with van der Waals surface area (Å²) in [6, 6.07) is 0. The first-order valence-electron chi connectivity index (χ1n) is 6.58. The van der Waals surface area contributed by atoms with Gasteiger partial charge in [-0.2, -0.15) is 10.2 Å². The van der Waals surface area contributed by atoms with Crippen LogP contribution in [-0.2, 0) is 19.3 Å². The summed E-state index contributed by atoms with van der Waals surface area (Å²) in [4.78, 5) is 12.5. The van der Waals surface area contributed by atoms with Gasteiger partial charge in [-0.1, -0.05) is 39.3 Å². The lowest BCUT2D eigenvalue weighted by Crippen LogP contribution is -2.16. The smallest absolute Gasteiger partial charge is 0.188 e. The number of nitrogens with zero attached hydrogens (tertiary/aromatic N) is 2. The van der Waals surface area contributed by atoms with Crippen LogP contribution in [-0.4, -0.2) is 10.2 Å². The number of fused-ring (bicyclic) bond motifs is 1. The van der Waals surface area contributed by atoms with Crippen molar-refractivity contribution < 1.29 is 0 Å². The monoisotopic (exact) mass is 244 g/mol. The van der Waals surface area contributed by atoms with Gasteiger partial charge in [-0.05, 0) is 18.3 Å². The van der Waals surface area contributed by atoms with Crippen molar-refractivity contribution in [1.82, 2.24) is 10.2 Å². The summed E-state index contributed by atoms with van der Waals surface area (Å²) in [7, 11) is 0. The molecule has 0 atom stereocenters. The van der Waals surface area contributed by atoms with Crippen LogP contribution in [0.5, 0.6) is 0 Å². The molecule has 0 unspecified atom stereocenters. The summed E-state index contributed by atoms with van der Waals surface area (Å²) in [6.45, 7) is 6.39. The maximum atomic E-state index is 12.5. The molecular formula is C15H20N2O. The third-order valence-corrected chi connectivity index (χ3v) is 3.34. The van der Waals surface area contributed by atoms with Crippen LogP contribution < -0.4 is 5.43 Å². The van der Waals surface area contributed by atoms with Crippen LogP contribution >= 0.6 is 0 Å². The maximum Gasteiger partial charge on any atom is 0.188 e. The van der Waals surface area contributed by atoms with E-state index in [0.717, 1.165) is 36.1 Å². The van der Waals surface area contributed by atoms with E-state index in [9.17, 15) is 4.79 Å². The Balaban J connectivity index is 2.57. The molecule has 0 saturated carbocycles. The normalized spacial score (nSPS) is 17.1. The number of hydrogen-bond acceptors (Lipinski definition) is 3. The first-order valence-corrected chi connectivity index (χ1v) is 6.58. The second kappa shape index (κ2) is 5.01. The number of rotatable bonds is 2. The van der Waals surface area contributed by atoms with E-state index in [0.29, 0.717) is 6.42 Å². The predicted octanol–water partition coefficient (Wildman–Crippen LogP) is 2.47. The highest BCUT2D eigenvalue weighted by Crippen LogP contribution is 2.26. The van der Waals surface area contributed by atoms with Crippen molar-refractivity contribution in [2.45, 2.75) is 46.5 Å². The van der Waals surface area contributed by atoms with E-state index < -0.39 is 0 Å². The van der Waals surface area contributed by atoms with E-state index >= 15 is 0 Å². The second-order valence-electron chi connectivity index (χ2n) is 5.65. The Bertz CT molecular complexity index is 533. The fourth-order valence-electron chi connectivity index (χ4n) is 2.40. The molecule has 0 saturated heterocycles. The third kappa shape index (κ3) is 2.66. The highest BCUT2D eigenvalue weighted by molar-refractivity contribution is 5.29. The molecule has 1 aromatic rings. The minimum Gasteiger partial charge on any atom is -0.289 e. The van der Waals surface area contributed by atoms with Gasteiger partial charge in [0.2, 0.25) is 0 Å². The van der Waals surface area contributed by atoms with Crippen LogP contribution in [0.4, 0.5) is 0 Å². The average Bonchev–Trinajstić information content (AvgIpc) is 2.52. The highest BCUT2D eigenvalue weighted by Gasteiger charge is 2.22. The van der Waals surface area contributed by atoms with Gasteiger partial charge in [-0.25, -0.2) is 0 Å². The Morgan fingerprint density at radius 2 is 2.17 bits per heavy atom. The summed E-state index contributed by atoms with van der Waals surface area (Å²) in [6.07, 6.45) is 9.09. The molecule has 18 heavy (non-hydrogen) atoms. The summed E-state index contributed by atoms with van der Waals surface area (Å²) in [5.41, 5.74) is 2.67. The van der Waals surface area contributed by atoms with Crippen molar-refractivity contribution in [3.63, 3.8) is 0 Å². The Morgan fingerprint density at radius 1 is 1.39 bits per heavy atom. The van der Waals surface area contributed by atoms with Crippen molar-refractivity contribution in [1.29, 1.82) is 0 Å². The fraction of sp³-hybridized carbons (Fsp3) is 0.533. The molecule has 0 aliphatic heterocycles. The molecule has 0 aromatic carbocycles. The van der Waals surface area contributed by atoms with Gasteiger partial charge in [0.1, 0.15) is 0 Å². The molecule has 1 aliphatic rings. The number of aromatic nitrogens is 2. The molecule has 0 amide bonds. The van der Waals surface area contributed by atoms with Crippen molar-refractivity contribution in [2.75, 3.05) is 0 Å². The zero-order chi connectivity index (χ0) is 13.2. The van der Waals surface area contributed by atoms with E-state index in [1.807, 2.05) is 0 Å². The zero-order valence-corrected chi connectivity index (χ0v) is 11.4. The maximum absolute atomic E-state index is 12.5. The molecule has 0 N–H and O–H groups in total. The SMILES string of the molecule is CCCc1cnnc2c(c1=O)CC=CC(C)(C)C2. The van der Waals surface area contributed by atoms with Crippen molar-refractivity contribution in [3.8, 4) is 0 Å². The molecule has 3 nitrogen and oxygen atoms in total. The van der Waals surface area contributed by atoms with E-state index in [-0.39, 0.29) is 10.8 Å². The lowest BCUT2D eigenvalue weighted by molar-refractivity contribution is 0.471. The average molecular weight is 244 g/mol. The van der Waals surface area contributed by atoms with Gasteiger partial charge in [-0.15, -0.1) is 0 Å². The summed E-state index contributed by atoms with van der Waals surface area (Å²) in [5, 5.41) is 8.32. The molecule has 0 bridgehead atoms. The molecule has 1 aliphatic carbocycles. The van der Waals surface area contributed by atoms with Crippen LogP contribution in [0.3, 0.4) is 0 Å². The molecule has 0 spiro atoms. The number of hydrogen-bond donors (Lipinski definition) is 0. The first-order chi connectivity index (χ1) is 8.53. The molecule has 2 rings (SSSR count). The van der Waals surface area contributed by atoms with Gasteiger partial charge < -0.3 is 0 Å².